The number of hydrogen-bond donors (Lipinski definition) is 2. The Morgan fingerprint density at radius 2 is 1.84 bits per heavy atom. The zero-order chi connectivity index (χ0) is 23.1. The molecule has 0 bridgehead atoms. The van der Waals surface area contributed by atoms with E-state index in [-0.39, 0.29) is 24.1 Å². The van der Waals surface area contributed by atoms with Crippen molar-refractivity contribution in [3.05, 3.63) is 83.4 Å². The van der Waals surface area contributed by atoms with Gasteiger partial charge in [-0.3, -0.25) is 9.52 Å². The highest BCUT2D eigenvalue weighted by molar-refractivity contribution is 7.92. The maximum atomic E-state index is 13.1. The fourth-order valence-corrected chi connectivity index (χ4v) is 5.35. The number of carbonyl (C=O) groups is 1. The van der Waals surface area contributed by atoms with Gasteiger partial charge in [-0.15, -0.1) is 0 Å². The lowest BCUT2D eigenvalue weighted by Gasteiger charge is -2.28. The van der Waals surface area contributed by atoms with E-state index in [1.807, 2.05) is 42.0 Å². The van der Waals surface area contributed by atoms with Gasteiger partial charge in [0, 0.05) is 41.5 Å². The topological polar surface area (TPSA) is 101 Å². The van der Waals surface area contributed by atoms with Crippen molar-refractivity contribution in [1.29, 1.82) is 0 Å². The van der Waals surface area contributed by atoms with Gasteiger partial charge >= 0.3 is 5.97 Å². The van der Waals surface area contributed by atoms with Gasteiger partial charge in [-0.1, -0.05) is 42.8 Å². The van der Waals surface area contributed by atoms with E-state index >= 15 is 0 Å². The third-order valence-electron chi connectivity index (χ3n) is 5.34. The number of aryl methyl sites for hydroxylation is 1. The Balaban J connectivity index is 1.88. The summed E-state index contributed by atoms with van der Waals surface area (Å²) in [5.41, 5.74) is 2.21. The summed E-state index contributed by atoms with van der Waals surface area (Å²) in [6.07, 6.45) is 6.39. The molecule has 0 radical (unpaired) electrons. The number of benzene rings is 2. The van der Waals surface area contributed by atoms with Crippen molar-refractivity contribution in [3.8, 4) is 0 Å². The van der Waals surface area contributed by atoms with E-state index in [4.69, 9.17) is 16.7 Å². The van der Waals surface area contributed by atoms with Crippen molar-refractivity contribution in [2.75, 3.05) is 10.5 Å². The van der Waals surface area contributed by atoms with E-state index in [9.17, 15) is 13.2 Å². The summed E-state index contributed by atoms with van der Waals surface area (Å²) in [7, 11) is -3.68. The highest BCUT2D eigenvalue weighted by Gasteiger charge is 2.29. The van der Waals surface area contributed by atoms with Gasteiger partial charge in [-0.2, -0.15) is 0 Å². The first-order valence-electron chi connectivity index (χ1n) is 10.3. The third-order valence-corrected chi connectivity index (χ3v) is 6.94. The fourth-order valence-electron chi connectivity index (χ4n) is 3.76. The number of halogens is 1. The molecule has 2 aromatic carbocycles. The second-order valence-electron chi connectivity index (χ2n) is 7.62. The summed E-state index contributed by atoms with van der Waals surface area (Å²) in [5, 5.41) is 9.43. The smallest absolute Gasteiger partial charge is 0.303 e. The number of imidazole rings is 1. The van der Waals surface area contributed by atoms with Crippen molar-refractivity contribution in [2.24, 2.45) is 0 Å². The SMILES string of the molecule is CCC(C(CS(=O)(=O)Nc1ccc(Cl)cc1)c1ccc(CCC(=O)O)cc1)n1ccnc1. The summed E-state index contributed by atoms with van der Waals surface area (Å²) in [6, 6.07) is 13.9. The van der Waals surface area contributed by atoms with Crippen LogP contribution in [-0.2, 0) is 21.2 Å². The Bertz CT molecular complexity index is 1120. The van der Waals surface area contributed by atoms with Gasteiger partial charge in [0.25, 0.3) is 0 Å². The lowest BCUT2D eigenvalue weighted by atomic mass is 9.90. The van der Waals surface area contributed by atoms with Gasteiger partial charge in [0.2, 0.25) is 10.0 Å². The number of nitrogens with one attached hydrogen (secondary N) is 1. The van der Waals surface area contributed by atoms with E-state index in [0.717, 1.165) is 11.1 Å². The van der Waals surface area contributed by atoms with Crippen LogP contribution in [0.3, 0.4) is 0 Å². The first-order chi connectivity index (χ1) is 15.3. The molecule has 7 nitrogen and oxygen atoms in total. The zero-order valence-corrected chi connectivity index (χ0v) is 19.3. The molecular formula is C23H26ClN3O4S. The zero-order valence-electron chi connectivity index (χ0n) is 17.7. The van der Waals surface area contributed by atoms with Crippen LogP contribution in [0.4, 0.5) is 5.69 Å². The maximum Gasteiger partial charge on any atom is 0.303 e. The van der Waals surface area contributed by atoms with Crippen molar-refractivity contribution in [3.63, 3.8) is 0 Å². The quantitative estimate of drug-likeness (QED) is 0.417. The van der Waals surface area contributed by atoms with Crippen molar-refractivity contribution >= 4 is 33.3 Å². The molecule has 1 heterocycles. The minimum atomic E-state index is -3.68. The highest BCUT2D eigenvalue weighted by Crippen LogP contribution is 2.33. The van der Waals surface area contributed by atoms with Crippen LogP contribution in [0.25, 0.3) is 0 Å². The van der Waals surface area contributed by atoms with E-state index < -0.39 is 16.0 Å². The maximum absolute atomic E-state index is 13.1. The Morgan fingerprint density at radius 1 is 1.16 bits per heavy atom. The molecule has 32 heavy (non-hydrogen) atoms. The predicted molar refractivity (Wildman–Crippen MR) is 126 cm³/mol. The largest absolute Gasteiger partial charge is 0.481 e. The van der Waals surface area contributed by atoms with Crippen LogP contribution in [0.5, 0.6) is 0 Å². The summed E-state index contributed by atoms with van der Waals surface area (Å²) in [6.45, 7) is 2.01. The summed E-state index contributed by atoms with van der Waals surface area (Å²) in [5.74, 6) is -1.31. The molecule has 2 N–H and O–H groups in total. The average molecular weight is 476 g/mol. The molecule has 0 fully saturated rings. The fraction of sp³-hybridized carbons (Fsp3) is 0.304. The molecule has 0 aliphatic carbocycles. The Kier molecular flexibility index (Phi) is 7.93. The number of nitrogens with zero attached hydrogens (tertiary/aromatic N) is 2. The van der Waals surface area contributed by atoms with Crippen molar-refractivity contribution in [1.82, 2.24) is 9.55 Å². The predicted octanol–water partition coefficient (Wildman–Crippen LogP) is 4.73. The van der Waals surface area contributed by atoms with Crippen LogP contribution < -0.4 is 4.72 Å². The molecular weight excluding hydrogens is 450 g/mol. The molecule has 1 aromatic heterocycles. The number of carboxylic acids is 1. The average Bonchev–Trinajstić information content (AvgIpc) is 3.28. The molecule has 0 aliphatic heterocycles. The van der Waals surface area contributed by atoms with Gasteiger partial charge in [-0.25, -0.2) is 13.4 Å². The van der Waals surface area contributed by atoms with E-state index in [2.05, 4.69) is 9.71 Å². The molecule has 0 saturated heterocycles. The number of carboxylic acid groups (broad SMARTS) is 1. The lowest BCUT2D eigenvalue weighted by molar-refractivity contribution is -0.136. The Labute approximate surface area is 193 Å². The van der Waals surface area contributed by atoms with Crippen LogP contribution >= 0.6 is 11.6 Å². The Morgan fingerprint density at radius 3 is 2.41 bits per heavy atom. The standard InChI is InChI=1S/C23H26ClN3O4S/c1-2-22(27-14-13-25-16-27)21(18-6-3-17(4-7-18)5-12-23(28)29)15-32(30,31)26-20-10-8-19(24)9-11-20/h3-4,6-11,13-14,16,21-22,26H,2,5,12,15H2,1H3,(H,28,29). The van der Waals surface area contributed by atoms with E-state index in [1.165, 1.54) is 0 Å². The van der Waals surface area contributed by atoms with Gasteiger partial charge in [0.05, 0.1) is 12.1 Å². The van der Waals surface area contributed by atoms with Crippen molar-refractivity contribution < 1.29 is 18.3 Å². The third kappa shape index (κ3) is 6.58. The van der Waals surface area contributed by atoms with Gasteiger partial charge < -0.3 is 9.67 Å². The lowest BCUT2D eigenvalue weighted by Crippen LogP contribution is -2.27. The highest BCUT2D eigenvalue weighted by atomic mass is 35.5. The van der Waals surface area contributed by atoms with Gasteiger partial charge in [0.1, 0.15) is 0 Å². The molecule has 0 aliphatic rings. The van der Waals surface area contributed by atoms with Gasteiger partial charge in [0.15, 0.2) is 0 Å². The number of anilines is 1. The number of sulfonamides is 1. The summed E-state index contributed by atoms with van der Waals surface area (Å²) in [4.78, 5) is 15.0. The van der Waals surface area contributed by atoms with Crippen molar-refractivity contribution in [2.45, 2.75) is 38.1 Å². The van der Waals surface area contributed by atoms with Crippen LogP contribution in [0, 0.1) is 0 Å². The molecule has 0 spiro atoms. The second-order valence-corrected chi connectivity index (χ2v) is 9.82. The van der Waals surface area contributed by atoms with E-state index in [0.29, 0.717) is 23.6 Å². The van der Waals surface area contributed by atoms with Crippen LogP contribution in [0.1, 0.15) is 42.9 Å². The molecule has 0 amide bonds. The number of aromatic nitrogens is 2. The van der Waals surface area contributed by atoms with Crippen LogP contribution in [0.2, 0.25) is 5.02 Å². The minimum Gasteiger partial charge on any atom is -0.481 e. The molecule has 3 rings (SSSR count). The second kappa shape index (κ2) is 10.7. The first-order valence-corrected chi connectivity index (χ1v) is 12.3. The van der Waals surface area contributed by atoms with Crippen LogP contribution in [-0.4, -0.2) is 34.8 Å². The number of aliphatic carboxylic acids is 1. The molecule has 0 saturated carbocycles. The normalized spacial score (nSPS) is 13.4. The first kappa shape index (κ1) is 23.8. The monoisotopic (exact) mass is 475 g/mol. The van der Waals surface area contributed by atoms with E-state index in [1.54, 1.807) is 36.8 Å². The summed E-state index contributed by atoms with van der Waals surface area (Å²) >= 11 is 5.90. The molecule has 2 atom stereocenters. The summed E-state index contributed by atoms with van der Waals surface area (Å²) < 4.78 is 30.7. The van der Waals surface area contributed by atoms with Crippen LogP contribution in [0.15, 0.2) is 67.3 Å². The molecule has 3 aromatic rings. The Hall–Kier alpha value is -2.84. The number of hydrogen-bond acceptors (Lipinski definition) is 4. The molecule has 9 heteroatoms. The van der Waals surface area contributed by atoms with Gasteiger partial charge in [-0.05, 0) is 48.2 Å². The number of rotatable bonds is 11. The molecule has 170 valence electrons. The molecule has 2 unspecified atom stereocenters. The minimum absolute atomic E-state index is 0.0504.